The third-order valence-electron chi connectivity index (χ3n) is 4.71. The average Bonchev–Trinajstić information content (AvgIpc) is 3.13. The molecule has 6 heteroatoms. The molecule has 22 heavy (non-hydrogen) atoms. The Balaban J connectivity index is 1.57. The minimum absolute atomic E-state index is 0.648. The summed E-state index contributed by atoms with van der Waals surface area (Å²) >= 11 is 6.17. The molecule has 2 atom stereocenters. The first kappa shape index (κ1) is 14.2. The summed E-state index contributed by atoms with van der Waals surface area (Å²) in [6, 6.07) is 7.40. The van der Waals surface area contributed by atoms with E-state index in [-0.39, 0.29) is 0 Å². The van der Waals surface area contributed by atoms with Crippen LogP contribution in [0.3, 0.4) is 0 Å². The van der Waals surface area contributed by atoms with Gasteiger partial charge in [0, 0.05) is 36.7 Å². The summed E-state index contributed by atoms with van der Waals surface area (Å²) in [7, 11) is 0. The SMILES string of the molecule is Clc1ccc(CN2CCC3CCC(C2)N3)c(-n2cncn2)c1. The fraction of sp³-hybridized carbons (Fsp3) is 0.500. The summed E-state index contributed by atoms with van der Waals surface area (Å²) in [4.78, 5) is 6.59. The number of hydrogen-bond donors (Lipinski definition) is 1. The summed E-state index contributed by atoms with van der Waals surface area (Å²) in [5.41, 5.74) is 2.26. The van der Waals surface area contributed by atoms with Gasteiger partial charge in [0.2, 0.25) is 0 Å². The highest BCUT2D eigenvalue weighted by molar-refractivity contribution is 6.30. The first-order valence-corrected chi connectivity index (χ1v) is 8.27. The smallest absolute Gasteiger partial charge is 0.138 e. The molecule has 2 fully saturated rings. The molecule has 0 saturated carbocycles. The molecule has 2 unspecified atom stereocenters. The zero-order valence-corrected chi connectivity index (χ0v) is 13.2. The van der Waals surface area contributed by atoms with Crippen LogP contribution in [0, 0.1) is 0 Å². The highest BCUT2D eigenvalue weighted by Gasteiger charge is 2.29. The number of nitrogens with zero attached hydrogens (tertiary/aromatic N) is 4. The molecule has 2 saturated heterocycles. The molecule has 1 N–H and O–H groups in total. The molecular weight excluding hydrogens is 298 g/mol. The minimum atomic E-state index is 0.648. The first-order valence-electron chi connectivity index (χ1n) is 7.90. The first-order chi connectivity index (χ1) is 10.8. The van der Waals surface area contributed by atoms with E-state index in [1.54, 1.807) is 17.3 Å². The molecule has 0 radical (unpaired) electrons. The van der Waals surface area contributed by atoms with Gasteiger partial charge < -0.3 is 5.32 Å². The molecule has 1 aromatic carbocycles. The van der Waals surface area contributed by atoms with Gasteiger partial charge in [0.25, 0.3) is 0 Å². The van der Waals surface area contributed by atoms with Gasteiger partial charge in [-0.25, -0.2) is 9.67 Å². The van der Waals surface area contributed by atoms with E-state index in [9.17, 15) is 0 Å². The molecular formula is C16H20ClN5. The van der Waals surface area contributed by atoms with Gasteiger partial charge in [-0.1, -0.05) is 17.7 Å². The third-order valence-corrected chi connectivity index (χ3v) is 4.95. The van der Waals surface area contributed by atoms with Gasteiger partial charge in [-0.2, -0.15) is 5.10 Å². The predicted octanol–water partition coefficient (Wildman–Crippen LogP) is 2.25. The average molecular weight is 318 g/mol. The van der Waals surface area contributed by atoms with Crippen molar-refractivity contribution in [1.82, 2.24) is 25.0 Å². The zero-order valence-electron chi connectivity index (χ0n) is 12.5. The number of hydrogen-bond acceptors (Lipinski definition) is 4. The maximum atomic E-state index is 6.17. The molecule has 2 aliphatic heterocycles. The molecule has 0 spiro atoms. The van der Waals surface area contributed by atoms with Crippen molar-refractivity contribution in [2.75, 3.05) is 13.1 Å². The molecule has 2 aliphatic rings. The molecule has 116 valence electrons. The van der Waals surface area contributed by atoms with Crippen LogP contribution in [0.15, 0.2) is 30.9 Å². The lowest BCUT2D eigenvalue weighted by atomic mass is 10.1. The normalized spacial score (nSPS) is 25.3. The third kappa shape index (κ3) is 2.89. The number of likely N-dealkylation sites (tertiary alicyclic amines) is 1. The summed E-state index contributed by atoms with van der Waals surface area (Å²) in [6.07, 6.45) is 7.16. The molecule has 0 amide bonds. The van der Waals surface area contributed by atoms with Gasteiger partial charge in [-0.15, -0.1) is 0 Å². The number of fused-ring (bicyclic) bond motifs is 2. The number of rotatable bonds is 3. The zero-order chi connectivity index (χ0) is 14.9. The van der Waals surface area contributed by atoms with E-state index in [0.29, 0.717) is 6.04 Å². The summed E-state index contributed by atoms with van der Waals surface area (Å²) in [5, 5.41) is 8.71. The molecule has 4 rings (SSSR count). The second-order valence-corrected chi connectivity index (χ2v) is 6.71. The van der Waals surface area contributed by atoms with Crippen molar-refractivity contribution < 1.29 is 0 Å². The number of aromatic nitrogens is 3. The van der Waals surface area contributed by atoms with E-state index in [4.69, 9.17) is 11.6 Å². The minimum Gasteiger partial charge on any atom is -0.310 e. The summed E-state index contributed by atoms with van der Waals surface area (Å²) < 4.78 is 1.80. The Labute approximate surface area is 135 Å². The van der Waals surface area contributed by atoms with Gasteiger partial charge in [-0.3, -0.25) is 4.90 Å². The number of halogens is 1. The van der Waals surface area contributed by atoms with E-state index >= 15 is 0 Å². The molecule has 5 nitrogen and oxygen atoms in total. The summed E-state index contributed by atoms with van der Waals surface area (Å²) in [5.74, 6) is 0. The van der Waals surface area contributed by atoms with Gasteiger partial charge >= 0.3 is 0 Å². The van der Waals surface area contributed by atoms with Crippen molar-refractivity contribution in [2.24, 2.45) is 0 Å². The Kier molecular flexibility index (Phi) is 3.86. The fourth-order valence-corrected chi connectivity index (χ4v) is 3.78. The highest BCUT2D eigenvalue weighted by atomic mass is 35.5. The largest absolute Gasteiger partial charge is 0.310 e. The van der Waals surface area contributed by atoms with Crippen LogP contribution in [0.2, 0.25) is 5.02 Å². The Hall–Kier alpha value is -1.43. The van der Waals surface area contributed by atoms with E-state index < -0.39 is 0 Å². The second-order valence-electron chi connectivity index (χ2n) is 6.27. The van der Waals surface area contributed by atoms with E-state index in [0.717, 1.165) is 36.4 Å². The lowest BCUT2D eigenvalue weighted by Gasteiger charge is -2.25. The lowest BCUT2D eigenvalue weighted by Crippen LogP contribution is -2.35. The van der Waals surface area contributed by atoms with Crippen molar-refractivity contribution >= 4 is 11.6 Å². The Morgan fingerprint density at radius 3 is 3.00 bits per heavy atom. The van der Waals surface area contributed by atoms with Crippen LogP contribution in [0.1, 0.15) is 24.8 Å². The van der Waals surface area contributed by atoms with Crippen LogP contribution in [-0.4, -0.2) is 44.8 Å². The molecule has 2 aromatic rings. The fourth-order valence-electron chi connectivity index (χ4n) is 3.62. The Morgan fingerprint density at radius 2 is 2.14 bits per heavy atom. The van der Waals surface area contributed by atoms with Gasteiger partial charge in [0.05, 0.1) is 5.69 Å². The van der Waals surface area contributed by atoms with E-state index in [2.05, 4.69) is 26.4 Å². The monoisotopic (exact) mass is 317 g/mol. The van der Waals surface area contributed by atoms with Crippen LogP contribution < -0.4 is 5.32 Å². The van der Waals surface area contributed by atoms with E-state index in [1.807, 2.05) is 12.1 Å². The molecule has 1 aromatic heterocycles. The van der Waals surface area contributed by atoms with Crippen molar-refractivity contribution in [3.05, 3.63) is 41.4 Å². The highest BCUT2D eigenvalue weighted by Crippen LogP contribution is 2.24. The van der Waals surface area contributed by atoms with Crippen molar-refractivity contribution in [3.8, 4) is 5.69 Å². The van der Waals surface area contributed by atoms with Crippen LogP contribution in [0.25, 0.3) is 5.69 Å². The standard InChI is InChI=1S/C16H20ClN5/c17-13-2-1-12(16(7-13)22-11-18-10-19-22)8-21-6-5-14-3-4-15(9-21)20-14/h1-2,7,10-11,14-15,20H,3-6,8-9H2. The molecule has 3 heterocycles. The predicted molar refractivity (Wildman–Crippen MR) is 86.2 cm³/mol. The van der Waals surface area contributed by atoms with Crippen LogP contribution in [0.4, 0.5) is 0 Å². The van der Waals surface area contributed by atoms with E-state index in [1.165, 1.54) is 24.8 Å². The van der Waals surface area contributed by atoms with Crippen molar-refractivity contribution in [3.63, 3.8) is 0 Å². The second kappa shape index (κ2) is 5.99. The van der Waals surface area contributed by atoms with Crippen molar-refractivity contribution in [2.45, 2.75) is 37.9 Å². The van der Waals surface area contributed by atoms with Gasteiger partial charge in [0.15, 0.2) is 0 Å². The summed E-state index contributed by atoms with van der Waals surface area (Å²) in [6.45, 7) is 3.20. The quantitative estimate of drug-likeness (QED) is 0.943. The number of nitrogens with one attached hydrogen (secondary N) is 1. The Bertz CT molecular complexity index is 642. The topological polar surface area (TPSA) is 46.0 Å². The maximum Gasteiger partial charge on any atom is 0.138 e. The van der Waals surface area contributed by atoms with Gasteiger partial charge in [0.1, 0.15) is 12.7 Å². The van der Waals surface area contributed by atoms with Crippen LogP contribution in [0.5, 0.6) is 0 Å². The molecule has 2 bridgehead atoms. The Morgan fingerprint density at radius 1 is 1.23 bits per heavy atom. The lowest BCUT2D eigenvalue weighted by molar-refractivity contribution is 0.250. The number of benzene rings is 1. The molecule has 0 aliphatic carbocycles. The van der Waals surface area contributed by atoms with Crippen LogP contribution >= 0.6 is 11.6 Å². The van der Waals surface area contributed by atoms with Crippen molar-refractivity contribution in [1.29, 1.82) is 0 Å². The maximum absolute atomic E-state index is 6.17. The van der Waals surface area contributed by atoms with Crippen LogP contribution in [-0.2, 0) is 6.54 Å². The van der Waals surface area contributed by atoms with Gasteiger partial charge in [-0.05, 0) is 37.0 Å².